The molecule has 66 valence electrons. The van der Waals surface area contributed by atoms with Crippen LogP contribution in [-0.2, 0) is 4.74 Å². The zero-order valence-electron chi connectivity index (χ0n) is 6.87. The Bertz CT molecular complexity index is 129. The van der Waals surface area contributed by atoms with Crippen LogP contribution in [0.25, 0.3) is 0 Å². The minimum absolute atomic E-state index is 0.231. The van der Waals surface area contributed by atoms with Gasteiger partial charge in [0, 0.05) is 0 Å². The average Bonchev–Trinajstić information content (AvgIpc) is 1.89. The third kappa shape index (κ3) is 28.4. The van der Waals surface area contributed by atoms with Gasteiger partial charge in [-0.05, 0) is 20.8 Å². The maximum atomic E-state index is 9.38. The number of carboxylic acid groups (broad SMARTS) is 1. The summed E-state index contributed by atoms with van der Waals surface area (Å²) >= 11 is 0. The van der Waals surface area contributed by atoms with Crippen molar-refractivity contribution in [3.63, 3.8) is 0 Å². The third-order valence-electron chi connectivity index (χ3n) is 0.468. The second kappa shape index (κ2) is 8.74. The average molecular weight is 163 g/mol. The molecular formula is C6H13NO4. The molecule has 0 aliphatic heterocycles. The molecule has 0 atom stereocenters. The predicted molar refractivity (Wildman–Crippen MR) is 40.2 cm³/mol. The van der Waals surface area contributed by atoms with Gasteiger partial charge >= 0.3 is 6.16 Å². The molecule has 0 amide bonds. The van der Waals surface area contributed by atoms with Gasteiger partial charge < -0.3 is 15.1 Å². The molecule has 0 aliphatic carbocycles. The van der Waals surface area contributed by atoms with Gasteiger partial charge in [0.2, 0.25) is 0 Å². The fourth-order valence-corrected chi connectivity index (χ4v) is 0.123. The second-order valence-corrected chi connectivity index (χ2v) is 1.75. The van der Waals surface area contributed by atoms with E-state index in [-0.39, 0.29) is 6.61 Å². The minimum Gasteiger partial charge on any atom is -0.450 e. The minimum atomic E-state index is -1.21. The number of rotatable bonds is 1. The van der Waals surface area contributed by atoms with Crippen LogP contribution >= 0.6 is 0 Å². The molecule has 5 heteroatoms. The normalized spacial score (nSPS) is 7.18. The molecule has 0 saturated carbocycles. The summed E-state index contributed by atoms with van der Waals surface area (Å²) in [5.74, 6) is 0. The molecule has 0 fully saturated rings. The predicted octanol–water partition coefficient (Wildman–Crippen LogP) is 1.56. The number of nitrogens with zero attached hydrogens (tertiary/aromatic N) is 1. The molecule has 0 spiro atoms. The Morgan fingerprint density at radius 1 is 1.55 bits per heavy atom. The Hall–Kier alpha value is -1.26. The van der Waals surface area contributed by atoms with Gasteiger partial charge in [-0.1, -0.05) is 5.16 Å². The van der Waals surface area contributed by atoms with Crippen molar-refractivity contribution in [3.05, 3.63) is 0 Å². The third-order valence-corrected chi connectivity index (χ3v) is 0.468. The van der Waals surface area contributed by atoms with Crippen LogP contribution in [0.5, 0.6) is 0 Å². The Kier molecular flexibility index (Phi) is 9.87. The Morgan fingerprint density at radius 3 is 1.91 bits per heavy atom. The van der Waals surface area contributed by atoms with Gasteiger partial charge in [0.15, 0.2) is 0 Å². The molecule has 2 N–H and O–H groups in total. The summed E-state index contributed by atoms with van der Waals surface area (Å²) < 4.78 is 3.96. The molecule has 0 radical (unpaired) electrons. The van der Waals surface area contributed by atoms with Crippen LogP contribution in [0.4, 0.5) is 4.79 Å². The van der Waals surface area contributed by atoms with E-state index in [1.165, 1.54) is 0 Å². The fourth-order valence-electron chi connectivity index (χ4n) is 0.123. The lowest BCUT2D eigenvalue weighted by atomic mass is 10.5. The molecule has 0 aromatic rings. The van der Waals surface area contributed by atoms with Crippen molar-refractivity contribution in [3.8, 4) is 0 Å². The topological polar surface area (TPSA) is 79.1 Å². The van der Waals surface area contributed by atoms with Crippen molar-refractivity contribution in [2.24, 2.45) is 5.16 Å². The lowest BCUT2D eigenvalue weighted by Gasteiger charge is -1.87. The van der Waals surface area contributed by atoms with Crippen LogP contribution < -0.4 is 0 Å². The Labute approximate surface area is 65.3 Å². The second-order valence-electron chi connectivity index (χ2n) is 1.75. The number of oxime groups is 1. The van der Waals surface area contributed by atoms with Gasteiger partial charge in [-0.25, -0.2) is 4.79 Å². The lowest BCUT2D eigenvalue weighted by Crippen LogP contribution is -1.97. The standard InChI is InChI=1S/C3H7NO.C3H6O3/c1-3(2)4-5;1-2-6-3(4)5/h5H,1-2H3;2H2,1H3,(H,4,5). The van der Waals surface area contributed by atoms with Crippen molar-refractivity contribution >= 4 is 11.9 Å². The van der Waals surface area contributed by atoms with Crippen LogP contribution in [-0.4, -0.2) is 28.8 Å². The van der Waals surface area contributed by atoms with Crippen molar-refractivity contribution < 1.29 is 19.8 Å². The molecule has 0 aromatic carbocycles. The molecule has 0 unspecified atom stereocenters. The van der Waals surface area contributed by atoms with E-state index in [0.717, 1.165) is 0 Å². The SMILES string of the molecule is CC(C)=NO.CCOC(=O)O. The van der Waals surface area contributed by atoms with E-state index in [4.69, 9.17) is 10.3 Å². The van der Waals surface area contributed by atoms with E-state index in [1.807, 2.05) is 0 Å². The quantitative estimate of drug-likeness (QED) is 0.266. The van der Waals surface area contributed by atoms with Crippen LogP contribution in [0.2, 0.25) is 0 Å². The summed E-state index contributed by atoms with van der Waals surface area (Å²) in [5, 5.41) is 18.2. The van der Waals surface area contributed by atoms with E-state index >= 15 is 0 Å². The van der Waals surface area contributed by atoms with E-state index in [2.05, 4.69) is 9.89 Å². The first-order chi connectivity index (χ1) is 5.04. The Morgan fingerprint density at radius 2 is 1.91 bits per heavy atom. The summed E-state index contributed by atoms with van der Waals surface area (Å²) in [5.41, 5.74) is 0.685. The molecule has 0 rings (SSSR count). The van der Waals surface area contributed by atoms with Gasteiger partial charge in [-0.3, -0.25) is 0 Å². The number of hydrogen-bond acceptors (Lipinski definition) is 4. The van der Waals surface area contributed by atoms with Gasteiger partial charge in [0.05, 0.1) is 12.3 Å². The van der Waals surface area contributed by atoms with Gasteiger partial charge in [-0.15, -0.1) is 0 Å². The number of carbonyl (C=O) groups is 1. The molecule has 0 aromatic heterocycles. The first kappa shape index (κ1) is 12.4. The lowest BCUT2D eigenvalue weighted by molar-refractivity contribution is 0.0966. The molecule has 11 heavy (non-hydrogen) atoms. The maximum Gasteiger partial charge on any atom is 0.505 e. The molecule has 0 aliphatic rings. The van der Waals surface area contributed by atoms with Crippen LogP contribution in [0, 0.1) is 0 Å². The highest BCUT2D eigenvalue weighted by Gasteiger charge is 1.86. The molecule has 0 bridgehead atoms. The summed E-state index contributed by atoms with van der Waals surface area (Å²) in [7, 11) is 0. The van der Waals surface area contributed by atoms with E-state index in [9.17, 15) is 4.79 Å². The van der Waals surface area contributed by atoms with Crippen LogP contribution in [0.3, 0.4) is 0 Å². The van der Waals surface area contributed by atoms with Crippen LogP contribution in [0.1, 0.15) is 20.8 Å². The maximum absolute atomic E-state index is 9.38. The van der Waals surface area contributed by atoms with Gasteiger partial charge in [-0.2, -0.15) is 0 Å². The van der Waals surface area contributed by atoms with Gasteiger partial charge in [0.25, 0.3) is 0 Å². The number of ether oxygens (including phenoxy) is 1. The summed E-state index contributed by atoms with van der Waals surface area (Å²) in [6.45, 7) is 5.30. The molecule has 5 nitrogen and oxygen atoms in total. The van der Waals surface area contributed by atoms with Crippen molar-refractivity contribution in [2.75, 3.05) is 6.61 Å². The van der Waals surface area contributed by atoms with E-state index in [1.54, 1.807) is 20.8 Å². The summed E-state index contributed by atoms with van der Waals surface area (Å²) in [6, 6.07) is 0. The highest BCUT2D eigenvalue weighted by atomic mass is 16.7. The first-order valence-corrected chi connectivity index (χ1v) is 3.05. The van der Waals surface area contributed by atoms with E-state index in [0.29, 0.717) is 5.71 Å². The van der Waals surface area contributed by atoms with E-state index < -0.39 is 6.16 Å². The Balaban J connectivity index is 0. The molecule has 0 heterocycles. The summed E-state index contributed by atoms with van der Waals surface area (Å²) in [4.78, 5) is 9.38. The monoisotopic (exact) mass is 163 g/mol. The highest BCUT2D eigenvalue weighted by Crippen LogP contribution is 1.69. The first-order valence-electron chi connectivity index (χ1n) is 3.05. The molecule has 0 saturated heterocycles. The largest absolute Gasteiger partial charge is 0.505 e. The smallest absolute Gasteiger partial charge is 0.450 e. The fraction of sp³-hybridized carbons (Fsp3) is 0.667. The number of hydrogen-bond donors (Lipinski definition) is 2. The van der Waals surface area contributed by atoms with Crippen LogP contribution in [0.15, 0.2) is 5.16 Å². The zero-order valence-corrected chi connectivity index (χ0v) is 6.87. The van der Waals surface area contributed by atoms with Crippen molar-refractivity contribution in [2.45, 2.75) is 20.8 Å². The zero-order chi connectivity index (χ0) is 9.28. The van der Waals surface area contributed by atoms with Crippen molar-refractivity contribution in [1.29, 1.82) is 0 Å². The molecular weight excluding hydrogens is 150 g/mol. The van der Waals surface area contributed by atoms with Crippen molar-refractivity contribution in [1.82, 2.24) is 0 Å². The van der Waals surface area contributed by atoms with Gasteiger partial charge in [0.1, 0.15) is 0 Å². The summed E-state index contributed by atoms with van der Waals surface area (Å²) in [6.07, 6.45) is -1.21. The highest BCUT2D eigenvalue weighted by molar-refractivity contribution is 5.78.